The van der Waals surface area contributed by atoms with Gasteiger partial charge in [-0.05, 0) is 38.1 Å². The van der Waals surface area contributed by atoms with Crippen molar-refractivity contribution in [2.75, 3.05) is 13.7 Å². The Labute approximate surface area is 146 Å². The third kappa shape index (κ3) is 5.34. The van der Waals surface area contributed by atoms with Gasteiger partial charge in [0, 0.05) is 24.9 Å². The van der Waals surface area contributed by atoms with E-state index in [1.807, 2.05) is 31.2 Å². The van der Waals surface area contributed by atoms with E-state index < -0.39 is 6.04 Å². The lowest BCUT2D eigenvalue weighted by atomic mass is 10.2. The summed E-state index contributed by atoms with van der Waals surface area (Å²) in [4.78, 5) is 27.7. The fourth-order valence-corrected chi connectivity index (χ4v) is 2.24. The number of aromatic nitrogens is 1. The number of carbonyl (C=O) groups is 2. The van der Waals surface area contributed by atoms with Crippen LogP contribution >= 0.6 is 0 Å². The highest BCUT2D eigenvalue weighted by Gasteiger charge is 2.15. The van der Waals surface area contributed by atoms with Gasteiger partial charge in [0.05, 0.1) is 13.3 Å². The molecule has 0 radical (unpaired) electrons. The Hall–Kier alpha value is -2.83. The van der Waals surface area contributed by atoms with E-state index in [0.29, 0.717) is 24.6 Å². The summed E-state index contributed by atoms with van der Waals surface area (Å²) in [7, 11) is 1.61. The van der Waals surface area contributed by atoms with Gasteiger partial charge in [0.1, 0.15) is 11.8 Å². The third-order valence-corrected chi connectivity index (χ3v) is 3.62. The van der Waals surface area contributed by atoms with Crippen LogP contribution in [-0.2, 0) is 16.0 Å². The lowest BCUT2D eigenvalue weighted by Gasteiger charge is -2.12. The van der Waals surface area contributed by atoms with E-state index in [0.717, 1.165) is 11.3 Å². The summed E-state index contributed by atoms with van der Waals surface area (Å²) in [6.45, 7) is 4.01. The van der Waals surface area contributed by atoms with Crippen molar-refractivity contribution in [1.29, 1.82) is 0 Å². The molecule has 25 heavy (non-hydrogen) atoms. The Morgan fingerprint density at radius 2 is 2.00 bits per heavy atom. The Kier molecular flexibility index (Phi) is 6.56. The van der Waals surface area contributed by atoms with Gasteiger partial charge in [-0.3, -0.25) is 9.59 Å². The number of aryl methyl sites for hydroxylation is 1. The van der Waals surface area contributed by atoms with Crippen molar-refractivity contribution in [2.24, 2.45) is 0 Å². The Balaban J connectivity index is 1.86. The summed E-state index contributed by atoms with van der Waals surface area (Å²) in [5, 5.41) is 5.31. The second-order valence-electron chi connectivity index (χ2n) is 5.53. The van der Waals surface area contributed by atoms with E-state index in [2.05, 4.69) is 15.6 Å². The van der Waals surface area contributed by atoms with Crippen molar-refractivity contribution in [2.45, 2.75) is 32.7 Å². The SMILES string of the molecule is CCNC(=O)C(C)NC(=O)CCc1ncc(-c2ccc(OC)cc2)o1. The minimum Gasteiger partial charge on any atom is -0.497 e. The van der Waals surface area contributed by atoms with E-state index in [9.17, 15) is 9.59 Å². The van der Waals surface area contributed by atoms with E-state index in [-0.39, 0.29) is 18.2 Å². The topological polar surface area (TPSA) is 93.5 Å². The number of hydrogen-bond acceptors (Lipinski definition) is 5. The maximum absolute atomic E-state index is 11.9. The molecule has 0 spiro atoms. The molecule has 0 aliphatic rings. The molecule has 2 rings (SSSR count). The van der Waals surface area contributed by atoms with E-state index in [4.69, 9.17) is 9.15 Å². The van der Waals surface area contributed by atoms with Gasteiger partial charge in [-0.25, -0.2) is 4.98 Å². The van der Waals surface area contributed by atoms with Crippen molar-refractivity contribution in [3.8, 4) is 17.1 Å². The second kappa shape index (κ2) is 8.86. The Morgan fingerprint density at radius 1 is 1.28 bits per heavy atom. The molecule has 0 aliphatic carbocycles. The number of likely N-dealkylation sites (N-methyl/N-ethyl adjacent to an activating group) is 1. The average molecular weight is 345 g/mol. The largest absolute Gasteiger partial charge is 0.497 e. The number of hydrogen-bond donors (Lipinski definition) is 2. The number of amides is 2. The minimum atomic E-state index is -0.563. The number of methoxy groups -OCH3 is 1. The van der Waals surface area contributed by atoms with Crippen LogP contribution in [0.2, 0.25) is 0 Å². The molecular weight excluding hydrogens is 322 g/mol. The maximum Gasteiger partial charge on any atom is 0.242 e. The molecule has 1 heterocycles. The number of rotatable bonds is 8. The maximum atomic E-state index is 11.9. The first-order chi connectivity index (χ1) is 12.0. The van der Waals surface area contributed by atoms with Gasteiger partial charge >= 0.3 is 0 Å². The van der Waals surface area contributed by atoms with Crippen molar-refractivity contribution >= 4 is 11.8 Å². The molecule has 1 unspecified atom stereocenters. The van der Waals surface area contributed by atoms with Crippen LogP contribution in [0, 0.1) is 0 Å². The highest BCUT2D eigenvalue weighted by atomic mass is 16.5. The average Bonchev–Trinajstić information content (AvgIpc) is 3.09. The van der Waals surface area contributed by atoms with Gasteiger partial charge in [0.15, 0.2) is 11.7 Å². The molecule has 0 bridgehead atoms. The van der Waals surface area contributed by atoms with Gasteiger partial charge in [0.25, 0.3) is 0 Å². The molecule has 2 amide bonds. The Morgan fingerprint density at radius 3 is 2.64 bits per heavy atom. The first-order valence-corrected chi connectivity index (χ1v) is 8.19. The van der Waals surface area contributed by atoms with E-state index in [1.54, 1.807) is 20.2 Å². The number of nitrogens with one attached hydrogen (secondary N) is 2. The fourth-order valence-electron chi connectivity index (χ4n) is 2.24. The molecule has 0 fully saturated rings. The van der Waals surface area contributed by atoms with Crippen LogP contribution in [0.1, 0.15) is 26.2 Å². The number of carbonyl (C=O) groups excluding carboxylic acids is 2. The second-order valence-corrected chi connectivity index (χ2v) is 5.53. The first kappa shape index (κ1) is 18.5. The monoisotopic (exact) mass is 345 g/mol. The van der Waals surface area contributed by atoms with Crippen molar-refractivity contribution in [1.82, 2.24) is 15.6 Å². The third-order valence-electron chi connectivity index (χ3n) is 3.62. The summed E-state index contributed by atoms with van der Waals surface area (Å²) in [5.74, 6) is 1.46. The minimum absolute atomic E-state index is 0.200. The molecule has 0 saturated heterocycles. The van der Waals surface area contributed by atoms with Crippen LogP contribution in [0.4, 0.5) is 0 Å². The predicted molar refractivity (Wildman–Crippen MR) is 93.1 cm³/mol. The zero-order chi connectivity index (χ0) is 18.2. The van der Waals surface area contributed by atoms with Crippen molar-refractivity contribution < 1.29 is 18.7 Å². The molecule has 7 nitrogen and oxygen atoms in total. The van der Waals surface area contributed by atoms with E-state index in [1.165, 1.54) is 0 Å². The molecule has 7 heteroatoms. The molecule has 1 atom stereocenters. The summed E-state index contributed by atoms with van der Waals surface area (Å²) in [6.07, 6.45) is 2.20. The molecule has 0 aliphatic heterocycles. The lowest BCUT2D eigenvalue weighted by Crippen LogP contribution is -2.44. The molecule has 2 aromatic rings. The number of ether oxygens (including phenoxy) is 1. The smallest absolute Gasteiger partial charge is 0.242 e. The van der Waals surface area contributed by atoms with Crippen LogP contribution in [0.15, 0.2) is 34.9 Å². The summed E-state index contributed by atoms with van der Waals surface area (Å²) in [5.41, 5.74) is 0.883. The van der Waals surface area contributed by atoms with Gasteiger partial charge in [-0.15, -0.1) is 0 Å². The zero-order valence-corrected chi connectivity index (χ0v) is 14.7. The molecule has 134 valence electrons. The van der Waals surface area contributed by atoms with Crippen LogP contribution in [-0.4, -0.2) is 36.5 Å². The van der Waals surface area contributed by atoms with Crippen LogP contribution in [0.5, 0.6) is 5.75 Å². The number of nitrogens with zero attached hydrogens (tertiary/aromatic N) is 1. The molecule has 0 saturated carbocycles. The van der Waals surface area contributed by atoms with Crippen molar-refractivity contribution in [3.63, 3.8) is 0 Å². The van der Waals surface area contributed by atoms with Gasteiger partial charge < -0.3 is 19.8 Å². The van der Waals surface area contributed by atoms with Gasteiger partial charge in [0.2, 0.25) is 11.8 Å². The fraction of sp³-hybridized carbons (Fsp3) is 0.389. The van der Waals surface area contributed by atoms with Crippen LogP contribution < -0.4 is 15.4 Å². The lowest BCUT2D eigenvalue weighted by molar-refractivity contribution is -0.128. The first-order valence-electron chi connectivity index (χ1n) is 8.19. The summed E-state index contributed by atoms with van der Waals surface area (Å²) in [6, 6.07) is 6.88. The number of benzene rings is 1. The van der Waals surface area contributed by atoms with Crippen LogP contribution in [0.3, 0.4) is 0 Å². The predicted octanol–water partition coefficient (Wildman–Crippen LogP) is 1.92. The van der Waals surface area contributed by atoms with E-state index >= 15 is 0 Å². The molecule has 1 aromatic heterocycles. The summed E-state index contributed by atoms with van der Waals surface area (Å²) < 4.78 is 10.8. The molecule has 1 aromatic carbocycles. The highest BCUT2D eigenvalue weighted by molar-refractivity contribution is 5.87. The van der Waals surface area contributed by atoms with Gasteiger partial charge in [-0.1, -0.05) is 0 Å². The zero-order valence-electron chi connectivity index (χ0n) is 14.7. The van der Waals surface area contributed by atoms with Crippen LogP contribution in [0.25, 0.3) is 11.3 Å². The molecular formula is C18H23N3O4. The van der Waals surface area contributed by atoms with Gasteiger partial charge in [-0.2, -0.15) is 0 Å². The normalized spacial score (nSPS) is 11.6. The standard InChI is InChI=1S/C18H23N3O4/c1-4-19-18(23)12(2)21-16(22)9-10-17-20-11-15(25-17)13-5-7-14(24-3)8-6-13/h5-8,11-12H,4,9-10H2,1-3H3,(H,19,23)(H,21,22). The Bertz CT molecular complexity index is 709. The molecule has 2 N–H and O–H groups in total. The summed E-state index contributed by atoms with van der Waals surface area (Å²) >= 11 is 0. The van der Waals surface area contributed by atoms with Crippen molar-refractivity contribution in [3.05, 3.63) is 36.4 Å². The number of oxazole rings is 1. The quantitative estimate of drug-likeness (QED) is 0.762. The highest BCUT2D eigenvalue weighted by Crippen LogP contribution is 2.23.